The van der Waals surface area contributed by atoms with Crippen LogP contribution in [0.3, 0.4) is 0 Å². The third-order valence-electron chi connectivity index (χ3n) is 4.80. The molecule has 4 aromatic rings. The molecule has 0 aliphatic heterocycles. The summed E-state index contributed by atoms with van der Waals surface area (Å²) in [4.78, 5) is 17.5. The van der Waals surface area contributed by atoms with Gasteiger partial charge in [-0.25, -0.2) is 4.98 Å². The van der Waals surface area contributed by atoms with E-state index in [1.807, 2.05) is 74.5 Å². The molecule has 0 saturated carbocycles. The predicted molar refractivity (Wildman–Crippen MR) is 127 cm³/mol. The van der Waals surface area contributed by atoms with Gasteiger partial charge in [-0.3, -0.25) is 4.79 Å². The lowest BCUT2D eigenvalue weighted by atomic mass is 10.1. The zero-order valence-corrected chi connectivity index (χ0v) is 18.0. The minimum atomic E-state index is -0.215. The zero-order chi connectivity index (χ0) is 21.8. The van der Waals surface area contributed by atoms with E-state index in [-0.39, 0.29) is 5.91 Å². The second-order valence-electron chi connectivity index (χ2n) is 7.07. The van der Waals surface area contributed by atoms with E-state index in [4.69, 9.17) is 21.3 Å². The number of hydrogen-bond acceptors (Lipinski definition) is 4. The molecule has 4 rings (SSSR count). The number of rotatable bonds is 6. The molecule has 31 heavy (non-hydrogen) atoms. The Labute approximate surface area is 186 Å². The average Bonchev–Trinajstić information content (AvgIpc) is 2.75. The Morgan fingerprint density at radius 3 is 2.65 bits per heavy atom. The van der Waals surface area contributed by atoms with E-state index in [1.165, 1.54) is 0 Å². The normalized spacial score (nSPS) is 10.7. The highest BCUT2D eigenvalue weighted by Crippen LogP contribution is 2.27. The van der Waals surface area contributed by atoms with Gasteiger partial charge < -0.3 is 15.4 Å². The molecule has 3 aromatic carbocycles. The number of pyridine rings is 1. The van der Waals surface area contributed by atoms with Crippen LogP contribution in [0, 0.1) is 6.92 Å². The van der Waals surface area contributed by atoms with Crippen LogP contribution >= 0.6 is 11.6 Å². The molecule has 1 amide bonds. The molecular weight excluding hydrogens is 410 g/mol. The number of anilines is 3. The maximum atomic E-state index is 12.8. The molecule has 1 heterocycles. The second-order valence-corrected chi connectivity index (χ2v) is 7.51. The van der Waals surface area contributed by atoms with Crippen LogP contribution < -0.4 is 15.4 Å². The number of aryl methyl sites for hydroxylation is 1. The molecule has 0 bridgehead atoms. The highest BCUT2D eigenvalue weighted by atomic mass is 35.5. The van der Waals surface area contributed by atoms with Gasteiger partial charge in [0.05, 0.1) is 17.7 Å². The molecule has 1 aromatic heterocycles. The molecule has 5 nitrogen and oxygen atoms in total. The molecule has 0 atom stereocenters. The van der Waals surface area contributed by atoms with Crippen molar-refractivity contribution in [1.29, 1.82) is 0 Å². The van der Waals surface area contributed by atoms with Crippen LogP contribution in [0.15, 0.2) is 72.8 Å². The van der Waals surface area contributed by atoms with E-state index in [0.29, 0.717) is 28.6 Å². The first kappa shape index (κ1) is 20.7. The standard InChI is InChI=1S/C25H22ClN3O2/c1-3-31-23-10-5-4-9-20(23)25(30)28-19-11-12-22-21(15-19)16(2)13-24(29-22)27-18-8-6-7-17(26)14-18/h4-15H,3H2,1-2H3,(H,27,29)(H,28,30). The highest BCUT2D eigenvalue weighted by molar-refractivity contribution is 6.30. The molecule has 0 saturated heterocycles. The number of benzene rings is 3. The summed E-state index contributed by atoms with van der Waals surface area (Å²) in [5.74, 6) is 1.08. The van der Waals surface area contributed by atoms with Crippen molar-refractivity contribution in [2.45, 2.75) is 13.8 Å². The van der Waals surface area contributed by atoms with Gasteiger partial charge in [0, 0.05) is 21.8 Å². The van der Waals surface area contributed by atoms with E-state index in [0.717, 1.165) is 28.0 Å². The number of para-hydroxylation sites is 1. The van der Waals surface area contributed by atoms with Crippen LogP contribution in [0.25, 0.3) is 10.9 Å². The molecule has 0 spiro atoms. The van der Waals surface area contributed by atoms with Gasteiger partial charge in [-0.15, -0.1) is 0 Å². The Morgan fingerprint density at radius 1 is 1.00 bits per heavy atom. The summed E-state index contributed by atoms with van der Waals surface area (Å²) in [5, 5.41) is 7.87. The number of nitrogens with one attached hydrogen (secondary N) is 2. The Hall–Kier alpha value is -3.57. The Kier molecular flexibility index (Phi) is 6.05. The smallest absolute Gasteiger partial charge is 0.259 e. The number of nitrogens with zero attached hydrogens (tertiary/aromatic N) is 1. The fraction of sp³-hybridized carbons (Fsp3) is 0.120. The number of carbonyl (C=O) groups excluding carboxylic acids is 1. The molecule has 0 aliphatic rings. The first-order chi connectivity index (χ1) is 15.0. The summed E-state index contributed by atoms with van der Waals surface area (Å²) in [6.45, 7) is 4.41. The minimum absolute atomic E-state index is 0.215. The number of fused-ring (bicyclic) bond motifs is 1. The SMILES string of the molecule is CCOc1ccccc1C(=O)Nc1ccc2nc(Nc3cccc(Cl)c3)cc(C)c2c1. The minimum Gasteiger partial charge on any atom is -0.493 e. The lowest BCUT2D eigenvalue weighted by Crippen LogP contribution is -2.13. The fourth-order valence-corrected chi connectivity index (χ4v) is 3.57. The number of amides is 1. The van der Waals surface area contributed by atoms with Gasteiger partial charge >= 0.3 is 0 Å². The van der Waals surface area contributed by atoms with Gasteiger partial charge in [0.15, 0.2) is 0 Å². The molecule has 0 aliphatic carbocycles. The molecule has 0 fully saturated rings. The van der Waals surface area contributed by atoms with Crippen molar-refractivity contribution < 1.29 is 9.53 Å². The van der Waals surface area contributed by atoms with Gasteiger partial charge in [0.2, 0.25) is 0 Å². The van der Waals surface area contributed by atoms with Gasteiger partial charge in [-0.05, 0) is 74.0 Å². The van der Waals surface area contributed by atoms with Crippen molar-refractivity contribution in [3.8, 4) is 5.75 Å². The highest BCUT2D eigenvalue weighted by Gasteiger charge is 2.13. The van der Waals surface area contributed by atoms with Crippen LogP contribution in [-0.2, 0) is 0 Å². The van der Waals surface area contributed by atoms with Crippen molar-refractivity contribution in [2.75, 3.05) is 17.2 Å². The van der Waals surface area contributed by atoms with E-state index in [1.54, 1.807) is 12.1 Å². The topological polar surface area (TPSA) is 63.2 Å². The van der Waals surface area contributed by atoms with E-state index < -0.39 is 0 Å². The molecule has 0 radical (unpaired) electrons. The monoisotopic (exact) mass is 431 g/mol. The Balaban J connectivity index is 1.58. The number of aromatic nitrogens is 1. The molecule has 6 heteroatoms. The lowest BCUT2D eigenvalue weighted by Gasteiger charge is -2.12. The van der Waals surface area contributed by atoms with Crippen molar-refractivity contribution in [1.82, 2.24) is 4.98 Å². The molecule has 156 valence electrons. The Morgan fingerprint density at radius 2 is 1.84 bits per heavy atom. The molecular formula is C25H22ClN3O2. The van der Waals surface area contributed by atoms with Crippen molar-refractivity contribution in [3.05, 3.63) is 88.9 Å². The van der Waals surface area contributed by atoms with E-state index in [2.05, 4.69) is 10.6 Å². The first-order valence-corrected chi connectivity index (χ1v) is 10.4. The van der Waals surface area contributed by atoms with Crippen molar-refractivity contribution >= 4 is 45.6 Å². The number of halogens is 1. The van der Waals surface area contributed by atoms with Crippen LogP contribution in [0.1, 0.15) is 22.8 Å². The average molecular weight is 432 g/mol. The van der Waals surface area contributed by atoms with Crippen LogP contribution in [0.2, 0.25) is 5.02 Å². The molecule has 0 unspecified atom stereocenters. The maximum Gasteiger partial charge on any atom is 0.259 e. The van der Waals surface area contributed by atoms with E-state index in [9.17, 15) is 4.79 Å². The van der Waals surface area contributed by atoms with Gasteiger partial charge in [-0.2, -0.15) is 0 Å². The second kappa shape index (κ2) is 9.06. The summed E-state index contributed by atoms with van der Waals surface area (Å²) in [7, 11) is 0. The summed E-state index contributed by atoms with van der Waals surface area (Å²) < 4.78 is 5.57. The summed E-state index contributed by atoms with van der Waals surface area (Å²) >= 11 is 6.07. The summed E-state index contributed by atoms with van der Waals surface area (Å²) in [6, 6.07) is 22.4. The van der Waals surface area contributed by atoms with E-state index >= 15 is 0 Å². The quantitative estimate of drug-likeness (QED) is 0.361. The third kappa shape index (κ3) is 4.78. The van der Waals surface area contributed by atoms with Crippen molar-refractivity contribution in [2.24, 2.45) is 0 Å². The lowest BCUT2D eigenvalue weighted by molar-refractivity contribution is 0.102. The summed E-state index contributed by atoms with van der Waals surface area (Å²) in [6.07, 6.45) is 0. The number of ether oxygens (including phenoxy) is 1. The fourth-order valence-electron chi connectivity index (χ4n) is 3.38. The molecule has 2 N–H and O–H groups in total. The van der Waals surface area contributed by atoms with Gasteiger partial charge in [0.1, 0.15) is 11.6 Å². The maximum absolute atomic E-state index is 12.8. The van der Waals surface area contributed by atoms with Gasteiger partial charge in [0.25, 0.3) is 5.91 Å². The number of carbonyl (C=O) groups is 1. The Bertz CT molecular complexity index is 1260. The van der Waals surface area contributed by atoms with Crippen molar-refractivity contribution in [3.63, 3.8) is 0 Å². The summed E-state index contributed by atoms with van der Waals surface area (Å²) in [5.41, 5.74) is 3.94. The third-order valence-corrected chi connectivity index (χ3v) is 5.04. The van der Waals surface area contributed by atoms with Crippen LogP contribution in [0.5, 0.6) is 5.75 Å². The van der Waals surface area contributed by atoms with Gasteiger partial charge in [-0.1, -0.05) is 29.8 Å². The largest absolute Gasteiger partial charge is 0.493 e. The first-order valence-electron chi connectivity index (χ1n) is 10.0. The van der Waals surface area contributed by atoms with Crippen LogP contribution in [-0.4, -0.2) is 17.5 Å². The zero-order valence-electron chi connectivity index (χ0n) is 17.3. The van der Waals surface area contributed by atoms with Crippen LogP contribution in [0.4, 0.5) is 17.2 Å². The predicted octanol–water partition coefficient (Wildman–Crippen LogP) is 6.59. The number of hydrogen-bond donors (Lipinski definition) is 2.